The van der Waals surface area contributed by atoms with Crippen molar-refractivity contribution < 1.29 is 14.7 Å². The molecule has 1 N–H and O–H groups in total. The van der Waals surface area contributed by atoms with Crippen molar-refractivity contribution >= 4 is 11.0 Å². The summed E-state index contributed by atoms with van der Waals surface area (Å²) in [5.41, 5.74) is 0.472. The average molecular weight is 207 g/mol. The first-order valence-corrected chi connectivity index (χ1v) is 4.46. The van der Waals surface area contributed by atoms with Gasteiger partial charge < -0.3 is 15.5 Å². The highest BCUT2D eigenvalue weighted by molar-refractivity contribution is 5.66. The summed E-state index contributed by atoms with van der Waals surface area (Å²) in [7, 11) is 0. The van der Waals surface area contributed by atoms with Crippen molar-refractivity contribution in [2.45, 2.75) is 6.42 Å². The number of aliphatic hydroxyl groups is 1. The third kappa shape index (κ3) is 1.55. The third-order valence-corrected chi connectivity index (χ3v) is 2.08. The zero-order valence-corrected chi connectivity index (χ0v) is 7.83. The van der Waals surface area contributed by atoms with Gasteiger partial charge in [-0.15, -0.1) is 0 Å². The Bertz CT molecular complexity index is 501. The number of fused-ring (bicyclic) bond motifs is 1. The van der Waals surface area contributed by atoms with Gasteiger partial charge in [0.25, 0.3) is 0 Å². The van der Waals surface area contributed by atoms with Gasteiger partial charge in [0.15, 0.2) is 0 Å². The number of benzene rings is 1. The highest BCUT2D eigenvalue weighted by Gasteiger charge is 2.20. The zero-order chi connectivity index (χ0) is 10.8. The van der Waals surface area contributed by atoms with Gasteiger partial charge in [0.05, 0.1) is 17.9 Å². The third-order valence-electron chi connectivity index (χ3n) is 2.08. The second kappa shape index (κ2) is 3.66. The fourth-order valence-electron chi connectivity index (χ4n) is 1.39. The van der Waals surface area contributed by atoms with E-state index in [1.807, 2.05) is 0 Å². The summed E-state index contributed by atoms with van der Waals surface area (Å²) >= 11 is 0. The van der Waals surface area contributed by atoms with Crippen molar-refractivity contribution in [2.75, 3.05) is 6.61 Å². The molecule has 0 saturated carbocycles. The fraction of sp³-hybridized carbons (Fsp3) is 0.222. The lowest BCUT2D eigenvalue weighted by Gasteiger charge is -2.06. The van der Waals surface area contributed by atoms with Crippen LogP contribution in [0.3, 0.4) is 0 Å². The standard InChI is InChI=1S/C9H9N3O3/c13-6-5-9-10-12(15)8-4-2-1-3-7(8)11(9)14/h1-4,13H,5-6H2. The molecule has 0 atom stereocenters. The molecule has 78 valence electrons. The molecule has 2 aromatic rings. The molecular weight excluding hydrogens is 198 g/mol. The Morgan fingerprint density at radius 3 is 2.53 bits per heavy atom. The van der Waals surface area contributed by atoms with Gasteiger partial charge in [0, 0.05) is 6.07 Å². The number of aromatic nitrogens is 3. The van der Waals surface area contributed by atoms with Gasteiger partial charge >= 0.3 is 11.3 Å². The molecule has 15 heavy (non-hydrogen) atoms. The van der Waals surface area contributed by atoms with Crippen LogP contribution in [0.2, 0.25) is 0 Å². The Labute approximate surface area is 85.2 Å². The fourth-order valence-corrected chi connectivity index (χ4v) is 1.39. The van der Waals surface area contributed by atoms with Crippen LogP contribution < -0.4 is 9.58 Å². The van der Waals surface area contributed by atoms with Crippen molar-refractivity contribution in [3.05, 3.63) is 40.5 Å². The highest BCUT2D eigenvalue weighted by Crippen LogP contribution is 2.03. The average Bonchev–Trinajstić information content (AvgIpc) is 2.26. The molecule has 0 saturated heterocycles. The minimum absolute atomic E-state index is 0.0196. The van der Waals surface area contributed by atoms with Crippen molar-refractivity contribution in [2.24, 2.45) is 0 Å². The summed E-state index contributed by atoms with van der Waals surface area (Å²) in [6.07, 6.45) is 0.0660. The van der Waals surface area contributed by atoms with Gasteiger partial charge in [0.2, 0.25) is 10.6 Å². The van der Waals surface area contributed by atoms with Crippen LogP contribution in [0.5, 0.6) is 0 Å². The zero-order valence-electron chi connectivity index (χ0n) is 7.83. The van der Waals surface area contributed by atoms with E-state index in [-0.39, 0.29) is 29.9 Å². The second-order valence-corrected chi connectivity index (χ2v) is 3.05. The van der Waals surface area contributed by atoms with Crippen LogP contribution in [-0.4, -0.2) is 16.8 Å². The number of nitrogens with zero attached hydrogens (tertiary/aromatic N) is 3. The van der Waals surface area contributed by atoms with Gasteiger partial charge in [-0.25, -0.2) is 4.73 Å². The summed E-state index contributed by atoms with van der Waals surface area (Å²) in [5, 5.41) is 35.3. The lowest BCUT2D eigenvalue weighted by molar-refractivity contribution is -0.685. The van der Waals surface area contributed by atoms with Crippen LogP contribution in [0.15, 0.2) is 24.3 Å². The van der Waals surface area contributed by atoms with Crippen LogP contribution in [0, 0.1) is 10.4 Å². The van der Waals surface area contributed by atoms with Crippen molar-refractivity contribution in [3.8, 4) is 0 Å². The Morgan fingerprint density at radius 1 is 1.20 bits per heavy atom. The van der Waals surface area contributed by atoms with Gasteiger partial charge in [0.1, 0.15) is 0 Å². The van der Waals surface area contributed by atoms with Crippen LogP contribution in [0.1, 0.15) is 5.82 Å². The molecule has 1 aromatic heterocycles. The van der Waals surface area contributed by atoms with E-state index in [2.05, 4.69) is 5.10 Å². The molecular formula is C9H9N3O3. The van der Waals surface area contributed by atoms with E-state index >= 15 is 0 Å². The number of hydrogen-bond acceptors (Lipinski definition) is 4. The normalized spacial score (nSPS) is 10.7. The van der Waals surface area contributed by atoms with E-state index in [1.54, 1.807) is 18.2 Å². The maximum Gasteiger partial charge on any atom is 0.379 e. The number of para-hydroxylation sites is 2. The first-order valence-electron chi connectivity index (χ1n) is 4.46. The molecule has 0 fully saturated rings. The Hall–Kier alpha value is -1.95. The van der Waals surface area contributed by atoms with E-state index in [0.29, 0.717) is 9.58 Å². The molecule has 0 spiro atoms. The minimum Gasteiger partial charge on any atom is -0.710 e. The Kier molecular flexibility index (Phi) is 2.34. The molecule has 6 heteroatoms. The Morgan fingerprint density at radius 2 is 1.87 bits per heavy atom. The number of hydrogen-bond donors (Lipinski definition) is 1. The molecule has 0 bridgehead atoms. The molecule has 0 aliphatic carbocycles. The van der Waals surface area contributed by atoms with Crippen molar-refractivity contribution in [1.82, 2.24) is 5.10 Å². The molecule has 2 rings (SSSR count). The van der Waals surface area contributed by atoms with Crippen LogP contribution >= 0.6 is 0 Å². The first kappa shape index (κ1) is 9.60. The maximum absolute atomic E-state index is 11.7. The largest absolute Gasteiger partial charge is 0.710 e. The minimum atomic E-state index is -0.215. The predicted octanol–water partition coefficient (Wildman–Crippen LogP) is -0.964. The monoisotopic (exact) mass is 207 g/mol. The summed E-state index contributed by atoms with van der Waals surface area (Å²) in [6.45, 7) is -0.215. The quantitative estimate of drug-likeness (QED) is 0.507. The van der Waals surface area contributed by atoms with Crippen LogP contribution in [-0.2, 0) is 6.42 Å². The van der Waals surface area contributed by atoms with Gasteiger partial charge in [-0.05, 0) is 6.07 Å². The van der Waals surface area contributed by atoms with Crippen molar-refractivity contribution in [3.63, 3.8) is 0 Å². The molecule has 6 nitrogen and oxygen atoms in total. The molecule has 0 unspecified atom stereocenters. The summed E-state index contributed by atoms with van der Waals surface area (Å²) in [5.74, 6) is 0.0196. The van der Waals surface area contributed by atoms with Gasteiger partial charge in [-0.1, -0.05) is 12.1 Å². The highest BCUT2D eigenvalue weighted by atomic mass is 16.5. The van der Waals surface area contributed by atoms with Crippen LogP contribution in [0.4, 0.5) is 0 Å². The van der Waals surface area contributed by atoms with Crippen LogP contribution in [0.25, 0.3) is 11.0 Å². The molecule has 0 radical (unpaired) electrons. The van der Waals surface area contributed by atoms with E-state index < -0.39 is 0 Å². The maximum atomic E-state index is 11.7. The predicted molar refractivity (Wildman–Crippen MR) is 50.5 cm³/mol. The lowest BCUT2D eigenvalue weighted by Crippen LogP contribution is -2.45. The second-order valence-electron chi connectivity index (χ2n) is 3.05. The smallest absolute Gasteiger partial charge is 0.379 e. The van der Waals surface area contributed by atoms with E-state index in [1.165, 1.54) is 6.07 Å². The first-order chi connectivity index (χ1) is 7.24. The summed E-state index contributed by atoms with van der Waals surface area (Å²) in [6, 6.07) is 6.38. The Balaban J connectivity index is 2.72. The molecule has 0 aliphatic rings. The topological polar surface area (TPSA) is 87.0 Å². The molecule has 1 heterocycles. The number of aliphatic hydroxyl groups excluding tert-OH is 1. The molecule has 1 aromatic carbocycles. The number of rotatable bonds is 2. The lowest BCUT2D eigenvalue weighted by atomic mass is 10.3. The summed E-state index contributed by atoms with van der Waals surface area (Å²) in [4.78, 5) is 0.398. The van der Waals surface area contributed by atoms with E-state index in [0.717, 1.165) is 0 Å². The SMILES string of the molecule is [O-][n+]1nc(CCO)[n+]([O-])c2ccccc21. The van der Waals surface area contributed by atoms with Gasteiger partial charge in [-0.2, -0.15) is 0 Å². The molecule has 0 amide bonds. The van der Waals surface area contributed by atoms with E-state index in [4.69, 9.17) is 5.11 Å². The van der Waals surface area contributed by atoms with Gasteiger partial charge in [-0.3, -0.25) is 0 Å². The van der Waals surface area contributed by atoms with E-state index in [9.17, 15) is 10.4 Å². The van der Waals surface area contributed by atoms with Crippen molar-refractivity contribution in [1.29, 1.82) is 0 Å². The molecule has 0 aliphatic heterocycles. The summed E-state index contributed by atoms with van der Waals surface area (Å²) < 4.78 is 0.569.